The van der Waals surface area contributed by atoms with Crippen molar-refractivity contribution in [3.63, 3.8) is 0 Å². The van der Waals surface area contributed by atoms with Gasteiger partial charge in [0.25, 0.3) is 0 Å². The SMILES string of the molecule is CC(C)(N)Cc1ccc(-c2ccc(C(=O)O)cc2)cc1. The molecule has 2 aromatic rings. The van der Waals surface area contributed by atoms with Crippen LogP contribution < -0.4 is 5.73 Å². The van der Waals surface area contributed by atoms with Gasteiger partial charge in [0.2, 0.25) is 0 Å². The molecule has 0 saturated heterocycles. The lowest BCUT2D eigenvalue weighted by atomic mass is 9.94. The maximum Gasteiger partial charge on any atom is 0.335 e. The van der Waals surface area contributed by atoms with Crippen LogP contribution in [0.15, 0.2) is 48.5 Å². The molecule has 2 rings (SSSR count). The van der Waals surface area contributed by atoms with Crippen molar-refractivity contribution >= 4 is 5.97 Å². The molecule has 3 heteroatoms. The number of hydrogen-bond acceptors (Lipinski definition) is 2. The summed E-state index contributed by atoms with van der Waals surface area (Å²) in [4.78, 5) is 10.8. The molecule has 0 fully saturated rings. The fraction of sp³-hybridized carbons (Fsp3) is 0.235. The average molecular weight is 269 g/mol. The number of rotatable bonds is 4. The number of nitrogens with two attached hydrogens (primary N) is 1. The number of carboxylic acids is 1. The first kappa shape index (κ1) is 14.3. The molecule has 0 amide bonds. The van der Waals surface area contributed by atoms with E-state index in [0.717, 1.165) is 17.5 Å². The van der Waals surface area contributed by atoms with Crippen LogP contribution in [0.1, 0.15) is 29.8 Å². The first-order chi connectivity index (χ1) is 9.35. The zero-order valence-corrected chi connectivity index (χ0v) is 11.8. The van der Waals surface area contributed by atoms with Crippen LogP contribution in [0.3, 0.4) is 0 Å². The standard InChI is InChI=1S/C17H19NO2/c1-17(2,18)11-12-3-5-13(6-4-12)14-7-9-15(10-8-14)16(19)20/h3-10H,11,18H2,1-2H3,(H,19,20). The average Bonchev–Trinajstić information content (AvgIpc) is 2.38. The molecule has 2 aromatic carbocycles. The van der Waals surface area contributed by atoms with Gasteiger partial charge in [0.05, 0.1) is 5.56 Å². The predicted molar refractivity (Wildman–Crippen MR) is 80.8 cm³/mol. The van der Waals surface area contributed by atoms with E-state index in [4.69, 9.17) is 10.8 Å². The third kappa shape index (κ3) is 3.68. The normalized spacial score (nSPS) is 11.3. The molecule has 0 aliphatic carbocycles. The van der Waals surface area contributed by atoms with E-state index in [9.17, 15) is 4.79 Å². The third-order valence-corrected chi connectivity index (χ3v) is 3.08. The van der Waals surface area contributed by atoms with E-state index in [1.807, 2.05) is 38.1 Å². The molecule has 0 saturated carbocycles. The molecule has 0 bridgehead atoms. The van der Waals surface area contributed by atoms with Crippen molar-refractivity contribution in [3.05, 3.63) is 59.7 Å². The van der Waals surface area contributed by atoms with Gasteiger partial charge in [-0.05, 0) is 49.1 Å². The molecule has 0 heterocycles. The second kappa shape index (κ2) is 5.47. The lowest BCUT2D eigenvalue weighted by Gasteiger charge is -2.18. The third-order valence-electron chi connectivity index (χ3n) is 3.08. The monoisotopic (exact) mass is 269 g/mol. The number of benzene rings is 2. The highest BCUT2D eigenvalue weighted by Crippen LogP contribution is 2.21. The Morgan fingerprint density at radius 3 is 1.85 bits per heavy atom. The lowest BCUT2D eigenvalue weighted by molar-refractivity contribution is 0.0697. The number of carbonyl (C=O) groups is 1. The van der Waals surface area contributed by atoms with Crippen molar-refractivity contribution in [1.82, 2.24) is 0 Å². The van der Waals surface area contributed by atoms with Crippen molar-refractivity contribution in [3.8, 4) is 11.1 Å². The summed E-state index contributed by atoms with van der Waals surface area (Å²) in [5.74, 6) is -0.905. The van der Waals surface area contributed by atoms with E-state index < -0.39 is 5.97 Å². The molecule has 3 nitrogen and oxygen atoms in total. The van der Waals surface area contributed by atoms with Gasteiger partial charge in [0.1, 0.15) is 0 Å². The Morgan fingerprint density at radius 2 is 1.45 bits per heavy atom. The first-order valence-electron chi connectivity index (χ1n) is 6.57. The molecule has 0 atom stereocenters. The van der Waals surface area contributed by atoms with Crippen LogP contribution in [0.4, 0.5) is 0 Å². The van der Waals surface area contributed by atoms with E-state index in [0.29, 0.717) is 5.56 Å². The molecule has 0 unspecified atom stereocenters. The minimum absolute atomic E-state index is 0.218. The van der Waals surface area contributed by atoms with Gasteiger partial charge in [-0.1, -0.05) is 36.4 Å². The molecular weight excluding hydrogens is 250 g/mol. The van der Waals surface area contributed by atoms with Crippen LogP contribution in [0, 0.1) is 0 Å². The molecule has 0 radical (unpaired) electrons. The topological polar surface area (TPSA) is 63.3 Å². The second-order valence-electron chi connectivity index (χ2n) is 5.74. The Hall–Kier alpha value is -2.13. The Bertz CT molecular complexity index is 592. The summed E-state index contributed by atoms with van der Waals surface area (Å²) in [5, 5.41) is 8.88. The van der Waals surface area contributed by atoms with Gasteiger partial charge in [-0.25, -0.2) is 4.79 Å². The summed E-state index contributed by atoms with van der Waals surface area (Å²) < 4.78 is 0. The largest absolute Gasteiger partial charge is 0.478 e. The van der Waals surface area contributed by atoms with Crippen LogP contribution >= 0.6 is 0 Å². The summed E-state index contributed by atoms with van der Waals surface area (Å²) >= 11 is 0. The minimum atomic E-state index is -0.905. The highest BCUT2D eigenvalue weighted by molar-refractivity contribution is 5.88. The molecule has 20 heavy (non-hydrogen) atoms. The molecule has 0 spiro atoms. The molecule has 0 aliphatic heterocycles. The lowest BCUT2D eigenvalue weighted by Crippen LogP contribution is -2.34. The summed E-state index contributed by atoms with van der Waals surface area (Å²) in [6.45, 7) is 4.01. The summed E-state index contributed by atoms with van der Waals surface area (Å²) in [6, 6.07) is 15.1. The van der Waals surface area contributed by atoms with Crippen molar-refractivity contribution < 1.29 is 9.90 Å². The van der Waals surface area contributed by atoms with Crippen molar-refractivity contribution in [1.29, 1.82) is 0 Å². The summed E-state index contributed by atoms with van der Waals surface area (Å²) in [5.41, 5.74) is 9.37. The summed E-state index contributed by atoms with van der Waals surface area (Å²) in [6.07, 6.45) is 0.825. The Balaban J connectivity index is 2.19. The maximum atomic E-state index is 10.8. The molecule has 104 valence electrons. The zero-order chi connectivity index (χ0) is 14.8. The van der Waals surface area contributed by atoms with E-state index in [2.05, 4.69) is 12.1 Å². The molecule has 0 aromatic heterocycles. The van der Waals surface area contributed by atoms with Gasteiger partial charge in [0.15, 0.2) is 0 Å². The van der Waals surface area contributed by atoms with E-state index >= 15 is 0 Å². The maximum absolute atomic E-state index is 10.8. The quantitative estimate of drug-likeness (QED) is 0.894. The van der Waals surface area contributed by atoms with Crippen LogP contribution in [-0.2, 0) is 6.42 Å². The number of hydrogen-bond donors (Lipinski definition) is 2. The van der Waals surface area contributed by atoms with Crippen molar-refractivity contribution in [2.24, 2.45) is 5.73 Å². The zero-order valence-electron chi connectivity index (χ0n) is 11.8. The van der Waals surface area contributed by atoms with Crippen molar-refractivity contribution in [2.75, 3.05) is 0 Å². The Labute approximate surface area is 119 Å². The van der Waals surface area contributed by atoms with Crippen LogP contribution in [0.5, 0.6) is 0 Å². The highest BCUT2D eigenvalue weighted by Gasteiger charge is 2.11. The number of carboxylic acid groups (broad SMARTS) is 1. The van der Waals surface area contributed by atoms with Gasteiger partial charge in [-0.3, -0.25) is 0 Å². The smallest absolute Gasteiger partial charge is 0.335 e. The minimum Gasteiger partial charge on any atom is -0.478 e. The van der Waals surface area contributed by atoms with Gasteiger partial charge in [-0.2, -0.15) is 0 Å². The highest BCUT2D eigenvalue weighted by atomic mass is 16.4. The van der Waals surface area contributed by atoms with Gasteiger partial charge in [-0.15, -0.1) is 0 Å². The van der Waals surface area contributed by atoms with Gasteiger partial charge in [0, 0.05) is 5.54 Å². The molecular formula is C17H19NO2. The second-order valence-corrected chi connectivity index (χ2v) is 5.74. The van der Waals surface area contributed by atoms with Crippen LogP contribution in [0.25, 0.3) is 11.1 Å². The number of aromatic carboxylic acids is 1. The first-order valence-corrected chi connectivity index (χ1v) is 6.57. The summed E-state index contributed by atoms with van der Waals surface area (Å²) in [7, 11) is 0. The molecule has 0 aliphatic rings. The van der Waals surface area contributed by atoms with E-state index in [1.54, 1.807) is 12.1 Å². The fourth-order valence-electron chi connectivity index (χ4n) is 2.15. The Morgan fingerprint density at radius 1 is 1.00 bits per heavy atom. The fourth-order valence-corrected chi connectivity index (χ4v) is 2.15. The van der Waals surface area contributed by atoms with Gasteiger partial charge < -0.3 is 10.8 Å². The molecule has 3 N–H and O–H groups in total. The predicted octanol–water partition coefficient (Wildman–Crippen LogP) is 3.33. The van der Waals surface area contributed by atoms with Gasteiger partial charge >= 0.3 is 5.97 Å². The Kier molecular flexibility index (Phi) is 3.91. The van der Waals surface area contributed by atoms with Crippen molar-refractivity contribution in [2.45, 2.75) is 25.8 Å². The van der Waals surface area contributed by atoms with Crippen LogP contribution in [0.2, 0.25) is 0 Å². The van der Waals surface area contributed by atoms with E-state index in [1.165, 1.54) is 5.56 Å². The van der Waals surface area contributed by atoms with E-state index in [-0.39, 0.29) is 5.54 Å². The van der Waals surface area contributed by atoms with Crippen LogP contribution in [-0.4, -0.2) is 16.6 Å².